The minimum atomic E-state index is -0.981. The molecule has 0 aliphatic heterocycles. The third kappa shape index (κ3) is 105. The third-order valence-electron chi connectivity index (χ3n) is 0.175. The molecule has 0 aliphatic carbocycles. The van der Waals surface area contributed by atoms with Gasteiger partial charge in [-0.2, -0.15) is 0 Å². The molecule has 0 aromatic heterocycles. The first kappa shape index (κ1) is 16.5. The van der Waals surface area contributed by atoms with Crippen molar-refractivity contribution >= 4 is 5.97 Å². The van der Waals surface area contributed by atoms with Gasteiger partial charge in [-0.05, 0) is 13.8 Å². The third-order valence-corrected chi connectivity index (χ3v) is 0.175. The Bertz CT molecular complexity index is 88.2. The first-order valence-corrected chi connectivity index (χ1v) is 2.54. The minimum Gasteiger partial charge on any atom is -0.478 e. The summed E-state index contributed by atoms with van der Waals surface area (Å²) in [5.41, 5.74) is 0. The topological polar surface area (TPSA) is 57.5 Å². The molecule has 0 unspecified atom stereocenters. The largest absolute Gasteiger partial charge is 0.478 e. The van der Waals surface area contributed by atoms with Gasteiger partial charge in [0, 0.05) is 33.9 Å². The predicted molar refractivity (Wildman–Crippen MR) is 35.2 cm³/mol. The summed E-state index contributed by atoms with van der Waals surface area (Å²) in [6.45, 7) is 6.41. The predicted octanol–water partition coefficient (Wildman–Crippen LogP) is 0.642. The zero-order valence-corrected chi connectivity index (χ0v) is 7.73. The van der Waals surface area contributed by atoms with Crippen LogP contribution in [0, 0.1) is 0 Å². The SMILES string of the molecule is C=CC(=O)O.CC(C)O.[Ti]. The maximum atomic E-state index is 9.25. The molecule has 0 rings (SSSR count). The number of aliphatic carboxylic acids is 1. The van der Waals surface area contributed by atoms with Crippen LogP contribution in [0.2, 0.25) is 0 Å². The summed E-state index contributed by atoms with van der Waals surface area (Å²) in [5, 5.41) is 15.7. The van der Waals surface area contributed by atoms with Crippen molar-refractivity contribution in [2.45, 2.75) is 20.0 Å². The normalized spacial score (nSPS) is 6.80. The number of carboxylic acids is 1. The van der Waals surface area contributed by atoms with E-state index >= 15 is 0 Å². The molecule has 4 heteroatoms. The van der Waals surface area contributed by atoms with E-state index in [9.17, 15) is 4.79 Å². The molecule has 0 fully saturated rings. The second-order valence-corrected chi connectivity index (χ2v) is 1.64. The zero-order chi connectivity index (χ0) is 7.86. The summed E-state index contributed by atoms with van der Waals surface area (Å²) >= 11 is 0. The van der Waals surface area contributed by atoms with E-state index in [-0.39, 0.29) is 27.8 Å². The quantitative estimate of drug-likeness (QED) is 0.459. The van der Waals surface area contributed by atoms with Gasteiger partial charge in [-0.25, -0.2) is 4.79 Å². The van der Waals surface area contributed by atoms with Crippen molar-refractivity contribution in [2.75, 3.05) is 0 Å². The van der Waals surface area contributed by atoms with E-state index in [1.807, 2.05) is 0 Å². The van der Waals surface area contributed by atoms with Crippen LogP contribution in [-0.4, -0.2) is 22.3 Å². The van der Waals surface area contributed by atoms with Gasteiger partial charge in [-0.3, -0.25) is 0 Å². The van der Waals surface area contributed by atoms with E-state index in [2.05, 4.69) is 6.58 Å². The maximum Gasteiger partial charge on any atom is 0.327 e. The summed E-state index contributed by atoms with van der Waals surface area (Å²) in [6, 6.07) is 0. The molecule has 0 heterocycles. The summed E-state index contributed by atoms with van der Waals surface area (Å²) in [4.78, 5) is 9.25. The molecule has 0 aliphatic rings. The van der Waals surface area contributed by atoms with Crippen LogP contribution in [0.25, 0.3) is 0 Å². The van der Waals surface area contributed by atoms with Crippen LogP contribution in [-0.2, 0) is 26.5 Å². The summed E-state index contributed by atoms with van der Waals surface area (Å²) < 4.78 is 0. The Kier molecular flexibility index (Phi) is 19.2. The molecule has 0 atom stereocenters. The Labute approximate surface area is 75.6 Å². The first-order valence-electron chi connectivity index (χ1n) is 2.54. The van der Waals surface area contributed by atoms with Gasteiger partial charge in [0.05, 0.1) is 0 Å². The maximum absolute atomic E-state index is 9.25. The van der Waals surface area contributed by atoms with E-state index < -0.39 is 5.97 Å². The minimum absolute atomic E-state index is 0. The van der Waals surface area contributed by atoms with Crippen molar-refractivity contribution in [1.82, 2.24) is 0 Å². The molecule has 0 aromatic carbocycles. The standard InChI is InChI=1S/C3H4O2.C3H8O.Ti/c1-2-3(4)5;1-3(2)4;/h2H,1H2,(H,4,5);3-4H,1-2H3;. The van der Waals surface area contributed by atoms with Crippen molar-refractivity contribution < 1.29 is 36.7 Å². The fourth-order valence-electron chi connectivity index (χ4n) is 0. The van der Waals surface area contributed by atoms with E-state index in [1.165, 1.54) is 0 Å². The van der Waals surface area contributed by atoms with Crippen LogP contribution in [0.15, 0.2) is 12.7 Å². The Morgan fingerprint density at radius 2 is 1.70 bits per heavy atom. The molecular weight excluding hydrogens is 168 g/mol. The number of hydrogen-bond donors (Lipinski definition) is 2. The molecule has 0 amide bonds. The first-order chi connectivity index (χ1) is 4.00. The number of aliphatic hydroxyl groups excluding tert-OH is 1. The van der Waals surface area contributed by atoms with Gasteiger partial charge < -0.3 is 10.2 Å². The van der Waals surface area contributed by atoms with Crippen LogP contribution in [0.5, 0.6) is 0 Å². The number of aliphatic hydroxyl groups is 1. The number of carbonyl (C=O) groups is 1. The second-order valence-electron chi connectivity index (χ2n) is 1.64. The molecule has 10 heavy (non-hydrogen) atoms. The van der Waals surface area contributed by atoms with Crippen LogP contribution < -0.4 is 0 Å². The summed E-state index contributed by atoms with van der Waals surface area (Å²) in [6.07, 6.45) is 0.667. The molecule has 0 bridgehead atoms. The molecular formula is C6H12O3Ti. The average Bonchev–Trinajstić information content (AvgIpc) is 1.65. The molecule has 3 nitrogen and oxygen atoms in total. The van der Waals surface area contributed by atoms with Gasteiger partial charge in [0.2, 0.25) is 0 Å². The fourth-order valence-corrected chi connectivity index (χ4v) is 0. The van der Waals surface area contributed by atoms with Crippen molar-refractivity contribution in [3.63, 3.8) is 0 Å². The fraction of sp³-hybridized carbons (Fsp3) is 0.500. The van der Waals surface area contributed by atoms with E-state index in [0.29, 0.717) is 0 Å². The summed E-state index contributed by atoms with van der Waals surface area (Å²) in [5.74, 6) is -0.981. The van der Waals surface area contributed by atoms with Crippen LogP contribution in [0.3, 0.4) is 0 Å². The molecule has 0 radical (unpaired) electrons. The van der Waals surface area contributed by atoms with Gasteiger partial charge >= 0.3 is 5.97 Å². The Hall–Kier alpha value is -0.116. The van der Waals surface area contributed by atoms with Gasteiger partial charge in [-0.15, -0.1) is 0 Å². The van der Waals surface area contributed by atoms with Crippen LogP contribution in [0.4, 0.5) is 0 Å². The second kappa shape index (κ2) is 11.7. The summed E-state index contributed by atoms with van der Waals surface area (Å²) in [7, 11) is 0. The Balaban J connectivity index is -0.0000000910. The van der Waals surface area contributed by atoms with E-state index in [4.69, 9.17) is 10.2 Å². The average molecular weight is 180 g/mol. The van der Waals surface area contributed by atoms with Gasteiger partial charge in [-0.1, -0.05) is 6.58 Å². The van der Waals surface area contributed by atoms with Crippen LogP contribution >= 0.6 is 0 Å². The molecule has 0 saturated carbocycles. The van der Waals surface area contributed by atoms with Crippen molar-refractivity contribution in [3.8, 4) is 0 Å². The van der Waals surface area contributed by atoms with Crippen molar-refractivity contribution in [3.05, 3.63) is 12.7 Å². The van der Waals surface area contributed by atoms with Gasteiger partial charge in [0.25, 0.3) is 0 Å². The van der Waals surface area contributed by atoms with E-state index in [0.717, 1.165) is 6.08 Å². The molecule has 0 spiro atoms. The Morgan fingerprint density at radius 3 is 1.70 bits per heavy atom. The zero-order valence-electron chi connectivity index (χ0n) is 6.16. The van der Waals surface area contributed by atoms with Crippen LogP contribution in [0.1, 0.15) is 13.8 Å². The molecule has 2 N–H and O–H groups in total. The van der Waals surface area contributed by atoms with Crippen molar-refractivity contribution in [1.29, 1.82) is 0 Å². The van der Waals surface area contributed by atoms with Gasteiger partial charge in [0.1, 0.15) is 0 Å². The molecule has 0 aromatic rings. The number of carboxylic acid groups (broad SMARTS) is 1. The molecule has 58 valence electrons. The Morgan fingerprint density at radius 1 is 1.60 bits per heavy atom. The molecule has 0 saturated heterocycles. The monoisotopic (exact) mass is 180 g/mol. The van der Waals surface area contributed by atoms with Gasteiger partial charge in [0.15, 0.2) is 0 Å². The number of rotatable bonds is 1. The van der Waals surface area contributed by atoms with E-state index in [1.54, 1.807) is 13.8 Å². The smallest absolute Gasteiger partial charge is 0.327 e. The number of hydrogen-bond acceptors (Lipinski definition) is 2. The van der Waals surface area contributed by atoms with Crippen molar-refractivity contribution in [2.24, 2.45) is 0 Å².